The predicted octanol–water partition coefficient (Wildman–Crippen LogP) is 1.30. The molecule has 0 aromatic heterocycles. The summed E-state index contributed by atoms with van der Waals surface area (Å²) in [7, 11) is 0. The first kappa shape index (κ1) is 24.9. The van der Waals surface area contributed by atoms with Crippen LogP contribution in [0.3, 0.4) is 0 Å². The van der Waals surface area contributed by atoms with Crippen LogP contribution >= 0.6 is 11.6 Å². The normalized spacial score (nSPS) is 27.4. The minimum atomic E-state index is -1.44. The highest BCUT2D eigenvalue weighted by Crippen LogP contribution is 2.34. The Balaban J connectivity index is 1.39. The van der Waals surface area contributed by atoms with Crippen LogP contribution in [0, 0.1) is 5.92 Å². The zero-order chi connectivity index (χ0) is 24.4. The van der Waals surface area contributed by atoms with E-state index in [2.05, 4.69) is 0 Å². The molecule has 2 aromatic carbocycles. The maximum Gasteiger partial charge on any atom is 0.219 e. The summed E-state index contributed by atoms with van der Waals surface area (Å²) in [6, 6.07) is 12.9. The van der Waals surface area contributed by atoms with E-state index in [0.717, 1.165) is 30.0 Å². The number of hydrogen-bond donors (Lipinski definition) is 4. The minimum Gasteiger partial charge on any atom is -0.493 e. The molecule has 4 N–H and O–H groups in total. The van der Waals surface area contributed by atoms with Gasteiger partial charge < -0.3 is 34.8 Å². The summed E-state index contributed by atoms with van der Waals surface area (Å²) in [4.78, 5) is 13.1. The molecule has 2 fully saturated rings. The van der Waals surface area contributed by atoms with Crippen LogP contribution in [0.2, 0.25) is 5.02 Å². The quantitative estimate of drug-likeness (QED) is 0.461. The molecule has 0 saturated carbocycles. The van der Waals surface area contributed by atoms with Crippen LogP contribution in [0.25, 0.3) is 0 Å². The van der Waals surface area contributed by atoms with E-state index in [1.54, 1.807) is 30.0 Å². The summed E-state index contributed by atoms with van der Waals surface area (Å²) in [5, 5.41) is 40.5. The number of benzene rings is 2. The number of amides is 1. The zero-order valence-electron chi connectivity index (χ0n) is 18.9. The fraction of sp³-hybridized carbons (Fsp3) is 0.480. The fourth-order valence-corrected chi connectivity index (χ4v) is 4.54. The van der Waals surface area contributed by atoms with Crippen molar-refractivity contribution >= 4 is 17.5 Å². The van der Waals surface area contributed by atoms with Gasteiger partial charge in [0.15, 0.2) is 0 Å². The number of aliphatic hydroxyl groups is 4. The number of carbonyl (C=O) groups is 1. The van der Waals surface area contributed by atoms with Crippen molar-refractivity contribution in [2.24, 2.45) is 5.92 Å². The summed E-state index contributed by atoms with van der Waals surface area (Å²) < 4.78 is 11.5. The number of ether oxygens (including phenoxy) is 2. The van der Waals surface area contributed by atoms with Crippen molar-refractivity contribution in [2.75, 3.05) is 26.3 Å². The molecule has 184 valence electrons. The van der Waals surface area contributed by atoms with Crippen LogP contribution in [-0.4, -0.2) is 82.0 Å². The maximum absolute atomic E-state index is 11.3. The highest BCUT2D eigenvalue weighted by atomic mass is 35.5. The Morgan fingerprint density at radius 1 is 1.09 bits per heavy atom. The number of carbonyl (C=O) groups excluding carboxylic acids is 1. The van der Waals surface area contributed by atoms with E-state index in [4.69, 9.17) is 21.1 Å². The Kier molecular flexibility index (Phi) is 7.77. The Morgan fingerprint density at radius 2 is 1.79 bits per heavy atom. The lowest BCUT2D eigenvalue weighted by molar-refractivity contribution is -0.231. The van der Waals surface area contributed by atoms with Crippen LogP contribution < -0.4 is 4.74 Å². The van der Waals surface area contributed by atoms with Gasteiger partial charge in [0.25, 0.3) is 0 Å². The second-order valence-electron chi connectivity index (χ2n) is 9.02. The van der Waals surface area contributed by atoms with Crippen LogP contribution in [0.15, 0.2) is 42.5 Å². The van der Waals surface area contributed by atoms with Crippen LogP contribution in [0.5, 0.6) is 5.75 Å². The summed E-state index contributed by atoms with van der Waals surface area (Å²) in [5.41, 5.74) is 2.41. The summed E-state index contributed by atoms with van der Waals surface area (Å²) >= 11 is 6.42. The number of aliphatic hydroxyl groups excluding tert-OH is 4. The van der Waals surface area contributed by atoms with E-state index in [0.29, 0.717) is 29.5 Å². The summed E-state index contributed by atoms with van der Waals surface area (Å²) in [6.07, 6.45) is -5.54. The molecule has 1 amide bonds. The number of rotatable bonds is 7. The van der Waals surface area contributed by atoms with E-state index in [1.807, 2.05) is 24.3 Å². The first-order chi connectivity index (χ1) is 16.3. The lowest BCUT2D eigenvalue weighted by atomic mass is 9.90. The average Bonchev–Trinajstić information content (AvgIpc) is 2.79. The Hall–Kier alpha value is -2.20. The van der Waals surface area contributed by atoms with Crippen molar-refractivity contribution in [3.8, 4) is 5.75 Å². The molecule has 2 aliphatic heterocycles. The predicted molar refractivity (Wildman–Crippen MR) is 125 cm³/mol. The van der Waals surface area contributed by atoms with Gasteiger partial charge in [-0.1, -0.05) is 35.9 Å². The average molecular weight is 492 g/mol. The van der Waals surface area contributed by atoms with Gasteiger partial charge in [-0.2, -0.15) is 0 Å². The van der Waals surface area contributed by atoms with Crippen LogP contribution in [0.4, 0.5) is 0 Å². The molecule has 0 aliphatic carbocycles. The van der Waals surface area contributed by atoms with Crippen LogP contribution in [0.1, 0.15) is 29.7 Å². The van der Waals surface area contributed by atoms with Crippen molar-refractivity contribution < 1.29 is 34.7 Å². The number of hydrogen-bond acceptors (Lipinski definition) is 7. The molecule has 2 aromatic rings. The fourth-order valence-electron chi connectivity index (χ4n) is 4.35. The summed E-state index contributed by atoms with van der Waals surface area (Å²) in [5.74, 6) is 1.20. The van der Waals surface area contributed by atoms with Crippen molar-refractivity contribution in [1.29, 1.82) is 0 Å². The highest BCUT2D eigenvalue weighted by Gasteiger charge is 2.44. The molecule has 4 rings (SSSR count). The highest BCUT2D eigenvalue weighted by molar-refractivity contribution is 6.31. The topological polar surface area (TPSA) is 120 Å². The molecule has 0 bridgehead atoms. The van der Waals surface area contributed by atoms with Gasteiger partial charge in [0.05, 0.1) is 13.2 Å². The first-order valence-corrected chi connectivity index (χ1v) is 11.7. The first-order valence-electron chi connectivity index (χ1n) is 11.3. The molecule has 2 aliphatic rings. The van der Waals surface area contributed by atoms with Crippen molar-refractivity contribution in [3.05, 3.63) is 64.2 Å². The molecule has 0 unspecified atom stereocenters. The van der Waals surface area contributed by atoms with Crippen molar-refractivity contribution in [2.45, 2.75) is 43.9 Å². The second-order valence-corrected chi connectivity index (χ2v) is 9.43. The van der Waals surface area contributed by atoms with E-state index >= 15 is 0 Å². The van der Waals surface area contributed by atoms with Gasteiger partial charge >= 0.3 is 0 Å². The van der Waals surface area contributed by atoms with E-state index < -0.39 is 37.1 Å². The minimum absolute atomic E-state index is 0.0925. The van der Waals surface area contributed by atoms with Gasteiger partial charge in [-0.25, -0.2) is 0 Å². The Bertz CT molecular complexity index is 993. The SMILES string of the molecule is CC(=O)N1CC(COc2ccc(Cc3cc([C@@H]4O[C@H](CO)[C@@H](O)[C@H](O)[C@H]4O)ccc3Cl)cc2)C1. The monoisotopic (exact) mass is 491 g/mol. The van der Waals surface area contributed by atoms with Gasteiger partial charge in [0, 0.05) is 31.0 Å². The summed E-state index contributed by atoms with van der Waals surface area (Å²) in [6.45, 7) is 3.12. The molecule has 34 heavy (non-hydrogen) atoms. The smallest absolute Gasteiger partial charge is 0.219 e. The molecule has 8 nitrogen and oxygen atoms in total. The van der Waals surface area contributed by atoms with Gasteiger partial charge in [-0.3, -0.25) is 4.79 Å². The Morgan fingerprint density at radius 3 is 2.44 bits per heavy atom. The van der Waals surface area contributed by atoms with Crippen molar-refractivity contribution in [3.63, 3.8) is 0 Å². The molecule has 2 saturated heterocycles. The third kappa shape index (κ3) is 5.38. The second kappa shape index (κ2) is 10.6. The van der Waals surface area contributed by atoms with Crippen LogP contribution in [-0.2, 0) is 16.0 Å². The number of halogens is 1. The molecule has 5 atom stereocenters. The lowest BCUT2D eigenvalue weighted by Gasteiger charge is -2.40. The molecule has 0 spiro atoms. The zero-order valence-corrected chi connectivity index (χ0v) is 19.6. The van der Waals surface area contributed by atoms with Gasteiger partial charge in [-0.15, -0.1) is 0 Å². The van der Waals surface area contributed by atoms with E-state index in [-0.39, 0.29) is 5.91 Å². The van der Waals surface area contributed by atoms with Gasteiger partial charge in [-0.05, 0) is 41.3 Å². The third-order valence-corrected chi connectivity index (χ3v) is 6.87. The van der Waals surface area contributed by atoms with E-state index in [1.165, 1.54) is 0 Å². The molecule has 2 heterocycles. The van der Waals surface area contributed by atoms with Crippen molar-refractivity contribution in [1.82, 2.24) is 4.90 Å². The number of likely N-dealkylation sites (tertiary alicyclic amines) is 1. The Labute approximate surface area is 203 Å². The van der Waals surface area contributed by atoms with Gasteiger partial charge in [0.1, 0.15) is 36.3 Å². The largest absolute Gasteiger partial charge is 0.493 e. The molecular formula is C25H30ClNO7. The molecular weight excluding hydrogens is 462 g/mol. The van der Waals surface area contributed by atoms with Gasteiger partial charge in [0.2, 0.25) is 5.91 Å². The number of nitrogens with zero attached hydrogens (tertiary/aromatic N) is 1. The maximum atomic E-state index is 11.3. The lowest BCUT2D eigenvalue weighted by Crippen LogP contribution is -2.55. The molecule has 9 heteroatoms. The third-order valence-electron chi connectivity index (χ3n) is 6.50. The van der Waals surface area contributed by atoms with E-state index in [9.17, 15) is 25.2 Å². The standard InChI is InChI=1S/C25H30ClNO7/c1-14(29)27-10-16(11-27)13-33-19-5-2-15(3-6-19)8-18-9-17(4-7-20(18)26)25-24(32)23(31)22(30)21(12-28)34-25/h2-7,9,16,21-25,28,30-32H,8,10-13H2,1H3/t21-,22-,23+,24-,25+/m1/s1. The molecule has 0 radical (unpaired) electrons.